The van der Waals surface area contributed by atoms with Crippen molar-refractivity contribution in [3.8, 4) is 118 Å². The molecule has 0 spiro atoms. The molecule has 582 valence electrons. The monoisotopic (exact) mass is 1610 g/mol. The van der Waals surface area contributed by atoms with Crippen LogP contribution in [0.3, 0.4) is 0 Å². The fourth-order valence-electron chi connectivity index (χ4n) is 20.7. The van der Waals surface area contributed by atoms with Gasteiger partial charge in [0.05, 0.1) is 66.2 Å². The predicted molar refractivity (Wildman–Crippen MR) is 513 cm³/mol. The SMILES string of the molecule is c1ccc2c(c1)-c1nc3ccccc3nc1-n1c3ccccc3c3c(-c4ccc5oc6ccccc6c5c4)ccc-2c31.c1ccc2c(c1)-c1nc3ccccc3nc1-n1c3ccccc3c3cc(-c4ccc5oc6ccccc6c5c4)cc-2c31.c1ccc2c(c1)-c1nc3ccccc3nc1-n1c3ccccc3c3ccc(-c4ccc5oc6ccccc6c5c4)c-2c31. The Morgan fingerprint density at radius 2 is 0.508 bits per heavy atom. The Labute approximate surface area is 716 Å². The Hall–Kier alpha value is -17.2. The molecule has 12 heteroatoms. The molecule has 0 fully saturated rings. The van der Waals surface area contributed by atoms with Crippen LogP contribution in [0.2, 0.25) is 0 Å². The van der Waals surface area contributed by atoms with Crippen molar-refractivity contribution in [2.24, 2.45) is 0 Å². The Kier molecular flexibility index (Phi) is 14.2. The third kappa shape index (κ3) is 9.88. The van der Waals surface area contributed by atoms with Crippen LogP contribution in [0.15, 0.2) is 395 Å². The quantitative estimate of drug-likeness (QED) is 0.170. The number of aromatic nitrogens is 9. The normalized spacial score (nSPS) is 12.3. The van der Waals surface area contributed by atoms with Crippen LogP contribution in [-0.4, -0.2) is 43.6 Å². The van der Waals surface area contributed by atoms with Gasteiger partial charge in [0.25, 0.3) is 0 Å². The smallest absolute Gasteiger partial charge is 0.165 e. The predicted octanol–water partition coefficient (Wildman–Crippen LogP) is 29.8. The summed E-state index contributed by atoms with van der Waals surface area (Å²) in [5.74, 6) is 2.59. The van der Waals surface area contributed by atoms with E-state index >= 15 is 0 Å². The average Bonchev–Trinajstić information content (AvgIpc) is 1.51. The molecule has 126 heavy (non-hydrogen) atoms. The van der Waals surface area contributed by atoms with Crippen LogP contribution in [-0.2, 0) is 0 Å². The number of nitrogens with zero attached hydrogens (tertiary/aromatic N) is 9. The highest BCUT2D eigenvalue weighted by atomic mass is 16.3. The molecule has 3 aliphatic heterocycles. The Balaban J connectivity index is 0.0000000961. The van der Waals surface area contributed by atoms with E-state index in [1.54, 1.807) is 0 Å². The second-order valence-corrected chi connectivity index (χ2v) is 33.0. The second-order valence-electron chi connectivity index (χ2n) is 33.0. The second kappa shape index (κ2) is 26.2. The van der Waals surface area contributed by atoms with Crippen LogP contribution < -0.4 is 0 Å². The summed E-state index contributed by atoms with van der Waals surface area (Å²) in [6, 6.07) is 134. The largest absolute Gasteiger partial charge is 0.456 e. The van der Waals surface area contributed by atoms with E-state index in [4.69, 9.17) is 43.2 Å². The molecule has 0 aliphatic carbocycles. The lowest BCUT2D eigenvalue weighted by atomic mass is 9.89. The zero-order valence-corrected chi connectivity index (χ0v) is 67.1. The summed E-state index contributed by atoms with van der Waals surface area (Å²) in [4.78, 5) is 31.5. The van der Waals surface area contributed by atoms with Gasteiger partial charge < -0.3 is 13.3 Å². The molecular weight excluding hydrogens is 1540 g/mol. The standard InChI is InChI=1S/3C38H21N3O/c1-2-12-27-26(11-1)35-23(22-17-20-34-29(21-22)25-10-4-8-16-33(25)42-34)18-19-28-24-9-3-7-15-32(24)41(37(28)35)38-36(27)39-30-13-5-6-14-31(30)40-38;1-2-11-26-24(9-1)27-19-18-23(22-17-20-34-29(21-22)25-10-4-8-16-33(25)42-34)35-28-12-3-7-15-32(28)41(37(27)35)38-36(26)39-30-13-5-6-14-31(30)40-38;1-2-12-27-24(9-1)29-20-23(22-17-18-35-28(19-22)26-11-4-8-16-34(26)42-35)21-30-25-10-3-7-15-33(25)41(37(29)30)38-36(27)39-31-13-5-6-14-32(31)40-38/h3*1-21H. The van der Waals surface area contributed by atoms with Gasteiger partial charge in [0, 0.05) is 98.0 Å². The summed E-state index contributed by atoms with van der Waals surface area (Å²) in [6.07, 6.45) is 0. The topological polar surface area (TPSA) is 132 Å². The fourth-order valence-corrected chi connectivity index (χ4v) is 20.7. The number of fused-ring (bicyclic) bond motifs is 36. The molecule has 9 aromatic heterocycles. The molecule has 18 aromatic carbocycles. The van der Waals surface area contributed by atoms with Gasteiger partial charge in [-0.05, 0) is 171 Å². The highest BCUT2D eigenvalue weighted by Gasteiger charge is 2.34. The molecule has 0 radical (unpaired) electrons. The van der Waals surface area contributed by atoms with E-state index in [9.17, 15) is 0 Å². The first-order valence-corrected chi connectivity index (χ1v) is 42.5. The first-order valence-electron chi connectivity index (χ1n) is 42.5. The first-order chi connectivity index (χ1) is 62.5. The van der Waals surface area contributed by atoms with Gasteiger partial charge >= 0.3 is 0 Å². The highest BCUT2D eigenvalue weighted by molar-refractivity contribution is 6.24. The Morgan fingerprint density at radius 1 is 0.175 bits per heavy atom. The minimum atomic E-state index is 0.861. The van der Waals surface area contributed by atoms with E-state index in [0.717, 1.165) is 217 Å². The van der Waals surface area contributed by atoms with Crippen molar-refractivity contribution < 1.29 is 13.3 Å². The zero-order chi connectivity index (χ0) is 82.1. The van der Waals surface area contributed by atoms with Gasteiger partial charge in [0.15, 0.2) is 17.5 Å². The summed E-state index contributed by atoms with van der Waals surface area (Å²) in [5.41, 5.74) is 37.6. The molecule has 0 unspecified atom stereocenters. The van der Waals surface area contributed by atoms with Crippen molar-refractivity contribution in [3.05, 3.63) is 382 Å². The highest BCUT2D eigenvalue weighted by Crippen LogP contribution is 2.54. The minimum Gasteiger partial charge on any atom is -0.456 e. The van der Waals surface area contributed by atoms with Crippen LogP contribution in [0.5, 0.6) is 0 Å². The third-order valence-corrected chi connectivity index (χ3v) is 26.2. The van der Waals surface area contributed by atoms with E-state index < -0.39 is 0 Å². The van der Waals surface area contributed by atoms with E-state index in [1.165, 1.54) is 65.7 Å². The van der Waals surface area contributed by atoms with Crippen molar-refractivity contribution >= 4 is 164 Å². The maximum absolute atomic E-state index is 6.18. The molecule has 0 amide bonds. The van der Waals surface area contributed by atoms with Gasteiger partial charge in [0.2, 0.25) is 0 Å². The number of para-hydroxylation sites is 12. The molecular formula is C114H63N9O3. The molecule has 0 saturated carbocycles. The van der Waals surface area contributed by atoms with Gasteiger partial charge in [-0.1, -0.05) is 261 Å². The average molecular weight is 1610 g/mol. The zero-order valence-electron chi connectivity index (χ0n) is 67.1. The fraction of sp³-hybridized carbons (Fsp3) is 0. The van der Waals surface area contributed by atoms with E-state index in [0.29, 0.717) is 0 Å². The number of hydrogen-bond acceptors (Lipinski definition) is 9. The molecule has 0 bridgehead atoms. The van der Waals surface area contributed by atoms with E-state index in [-0.39, 0.29) is 0 Å². The molecule has 30 rings (SSSR count). The summed E-state index contributed by atoms with van der Waals surface area (Å²) in [6.45, 7) is 0. The van der Waals surface area contributed by atoms with Crippen LogP contribution in [0.25, 0.3) is 282 Å². The van der Waals surface area contributed by atoms with Gasteiger partial charge in [-0.25, -0.2) is 29.9 Å². The van der Waals surface area contributed by atoms with Crippen molar-refractivity contribution in [2.45, 2.75) is 0 Å². The first kappa shape index (κ1) is 68.5. The summed E-state index contributed by atoms with van der Waals surface area (Å²) in [7, 11) is 0. The molecule has 3 aliphatic rings. The lowest BCUT2D eigenvalue weighted by Gasteiger charge is -2.14. The summed E-state index contributed by atoms with van der Waals surface area (Å²) in [5, 5.41) is 14.0. The molecule has 12 heterocycles. The third-order valence-electron chi connectivity index (χ3n) is 26.2. The number of rotatable bonds is 3. The number of hydrogen-bond donors (Lipinski definition) is 0. The summed E-state index contributed by atoms with van der Waals surface area (Å²) < 4.78 is 25.5. The number of furan rings is 3. The van der Waals surface area contributed by atoms with Gasteiger partial charge in [0.1, 0.15) is 50.6 Å². The molecule has 27 aromatic rings. The van der Waals surface area contributed by atoms with E-state index in [1.807, 2.05) is 109 Å². The van der Waals surface area contributed by atoms with Crippen LogP contribution in [0, 0.1) is 0 Å². The molecule has 0 N–H and O–H groups in total. The maximum Gasteiger partial charge on any atom is 0.165 e. The van der Waals surface area contributed by atoms with Crippen LogP contribution in [0.4, 0.5) is 0 Å². The summed E-state index contributed by atoms with van der Waals surface area (Å²) >= 11 is 0. The van der Waals surface area contributed by atoms with Gasteiger partial charge in [-0.2, -0.15) is 0 Å². The minimum absolute atomic E-state index is 0.861. The van der Waals surface area contributed by atoms with Gasteiger partial charge in [-0.15, -0.1) is 0 Å². The van der Waals surface area contributed by atoms with Crippen molar-refractivity contribution in [3.63, 3.8) is 0 Å². The Bertz CT molecular complexity index is 9450. The van der Waals surface area contributed by atoms with Crippen molar-refractivity contribution in [1.82, 2.24) is 43.6 Å². The van der Waals surface area contributed by atoms with Crippen molar-refractivity contribution in [1.29, 1.82) is 0 Å². The number of benzene rings is 18. The van der Waals surface area contributed by atoms with Crippen molar-refractivity contribution in [2.75, 3.05) is 0 Å². The van der Waals surface area contributed by atoms with Crippen LogP contribution in [0.1, 0.15) is 0 Å². The van der Waals surface area contributed by atoms with Crippen LogP contribution >= 0.6 is 0 Å². The van der Waals surface area contributed by atoms with E-state index in [2.05, 4.69) is 287 Å². The van der Waals surface area contributed by atoms with Gasteiger partial charge in [-0.3, -0.25) is 13.7 Å². The molecule has 0 atom stereocenters. The lowest BCUT2D eigenvalue weighted by Crippen LogP contribution is -2.02. The molecule has 0 saturated heterocycles. The Morgan fingerprint density at radius 3 is 1.02 bits per heavy atom. The maximum atomic E-state index is 6.18. The molecule has 12 nitrogen and oxygen atoms in total. The lowest BCUT2D eigenvalue weighted by molar-refractivity contribution is 0.668.